The summed E-state index contributed by atoms with van der Waals surface area (Å²) in [6.07, 6.45) is 1.06. The number of aliphatic hydroxyl groups excluding tert-OH is 1. The van der Waals surface area contributed by atoms with E-state index >= 15 is 0 Å². The average Bonchev–Trinajstić information content (AvgIpc) is 2.81. The Kier molecular flexibility index (Phi) is 3.46. The number of hydrogen-bond donors (Lipinski definition) is 1. The SMILES string of the molecule is Cc1ccc(N(C)C2CCOC2)c(CO)c1. The monoisotopic (exact) mass is 221 g/mol. The molecule has 3 nitrogen and oxygen atoms in total. The number of benzene rings is 1. The molecule has 1 unspecified atom stereocenters. The van der Waals surface area contributed by atoms with Gasteiger partial charge in [-0.25, -0.2) is 0 Å². The molecule has 0 aromatic heterocycles. The summed E-state index contributed by atoms with van der Waals surface area (Å²) in [5.74, 6) is 0. The van der Waals surface area contributed by atoms with Crippen LogP contribution in [0.3, 0.4) is 0 Å². The van der Waals surface area contributed by atoms with E-state index in [4.69, 9.17) is 4.74 Å². The molecular formula is C13H19NO2. The highest BCUT2D eigenvalue weighted by Gasteiger charge is 2.21. The highest BCUT2D eigenvalue weighted by molar-refractivity contribution is 5.55. The second-order valence-electron chi connectivity index (χ2n) is 4.42. The van der Waals surface area contributed by atoms with E-state index in [1.54, 1.807) is 0 Å². The summed E-state index contributed by atoms with van der Waals surface area (Å²) in [6, 6.07) is 6.65. The van der Waals surface area contributed by atoms with Crippen molar-refractivity contribution in [2.45, 2.75) is 26.0 Å². The molecule has 1 heterocycles. The molecule has 1 N–H and O–H groups in total. The second-order valence-corrected chi connectivity index (χ2v) is 4.42. The van der Waals surface area contributed by atoms with Gasteiger partial charge in [0.15, 0.2) is 0 Å². The van der Waals surface area contributed by atoms with Gasteiger partial charge in [0.25, 0.3) is 0 Å². The summed E-state index contributed by atoms with van der Waals surface area (Å²) < 4.78 is 5.39. The van der Waals surface area contributed by atoms with Gasteiger partial charge >= 0.3 is 0 Å². The number of anilines is 1. The lowest BCUT2D eigenvalue weighted by Gasteiger charge is -2.27. The van der Waals surface area contributed by atoms with Gasteiger partial charge in [0.05, 0.1) is 19.3 Å². The zero-order valence-electron chi connectivity index (χ0n) is 9.94. The van der Waals surface area contributed by atoms with Crippen molar-refractivity contribution in [3.63, 3.8) is 0 Å². The predicted octanol–water partition coefficient (Wildman–Crippen LogP) is 1.71. The van der Waals surface area contributed by atoms with Crippen LogP contribution in [0.1, 0.15) is 17.5 Å². The van der Waals surface area contributed by atoms with Crippen LogP contribution in [-0.4, -0.2) is 31.4 Å². The predicted molar refractivity (Wildman–Crippen MR) is 64.7 cm³/mol. The topological polar surface area (TPSA) is 32.7 Å². The smallest absolute Gasteiger partial charge is 0.0702 e. The molecule has 16 heavy (non-hydrogen) atoms. The molecule has 3 heteroatoms. The maximum absolute atomic E-state index is 9.38. The van der Waals surface area contributed by atoms with Crippen LogP contribution < -0.4 is 4.90 Å². The summed E-state index contributed by atoms with van der Waals surface area (Å²) in [7, 11) is 2.07. The van der Waals surface area contributed by atoms with Gasteiger partial charge in [-0.05, 0) is 19.4 Å². The third kappa shape index (κ3) is 2.20. The maximum Gasteiger partial charge on any atom is 0.0702 e. The molecule has 0 spiro atoms. The van der Waals surface area contributed by atoms with E-state index < -0.39 is 0 Å². The van der Waals surface area contributed by atoms with Crippen LogP contribution in [0.25, 0.3) is 0 Å². The summed E-state index contributed by atoms with van der Waals surface area (Å²) in [5.41, 5.74) is 3.29. The van der Waals surface area contributed by atoms with E-state index in [0.717, 1.165) is 30.9 Å². The lowest BCUT2D eigenvalue weighted by molar-refractivity contribution is 0.193. The van der Waals surface area contributed by atoms with E-state index in [0.29, 0.717) is 6.04 Å². The normalized spacial score (nSPS) is 20.1. The Morgan fingerprint density at radius 3 is 2.94 bits per heavy atom. The van der Waals surface area contributed by atoms with Gasteiger partial charge in [0, 0.05) is 24.9 Å². The quantitative estimate of drug-likeness (QED) is 0.843. The minimum Gasteiger partial charge on any atom is -0.392 e. The van der Waals surface area contributed by atoms with Crippen LogP contribution in [0.5, 0.6) is 0 Å². The number of nitrogens with zero attached hydrogens (tertiary/aromatic N) is 1. The first-order valence-electron chi connectivity index (χ1n) is 5.73. The van der Waals surface area contributed by atoms with Gasteiger partial charge in [-0.3, -0.25) is 0 Å². The molecule has 1 fully saturated rings. The standard InChI is InChI=1S/C13H19NO2/c1-10-3-4-13(11(7-10)8-15)14(2)12-5-6-16-9-12/h3-4,7,12,15H,5-6,8-9H2,1-2H3. The molecule has 0 saturated carbocycles. The van der Waals surface area contributed by atoms with Crippen molar-refractivity contribution in [1.29, 1.82) is 0 Å². The molecular weight excluding hydrogens is 202 g/mol. The van der Waals surface area contributed by atoms with Gasteiger partial charge in [-0.1, -0.05) is 17.7 Å². The zero-order chi connectivity index (χ0) is 11.5. The Morgan fingerprint density at radius 2 is 2.31 bits per heavy atom. The Hall–Kier alpha value is -1.06. The summed E-state index contributed by atoms with van der Waals surface area (Å²) in [5, 5.41) is 9.38. The fraction of sp³-hybridized carbons (Fsp3) is 0.538. The highest BCUT2D eigenvalue weighted by Crippen LogP contribution is 2.25. The Balaban J connectivity index is 2.24. The third-order valence-corrected chi connectivity index (χ3v) is 3.24. The van der Waals surface area contributed by atoms with Gasteiger partial charge in [-0.15, -0.1) is 0 Å². The number of hydrogen-bond acceptors (Lipinski definition) is 3. The lowest BCUT2D eigenvalue weighted by atomic mass is 10.1. The molecule has 1 atom stereocenters. The van der Waals surface area contributed by atoms with Gasteiger partial charge in [0.2, 0.25) is 0 Å². The van der Waals surface area contributed by atoms with Gasteiger partial charge in [-0.2, -0.15) is 0 Å². The van der Waals surface area contributed by atoms with Crippen molar-refractivity contribution >= 4 is 5.69 Å². The summed E-state index contributed by atoms with van der Waals surface area (Å²) in [6.45, 7) is 3.77. The van der Waals surface area contributed by atoms with E-state index in [9.17, 15) is 5.11 Å². The first-order chi connectivity index (χ1) is 7.72. The molecule has 1 aromatic rings. The average molecular weight is 221 g/mol. The first kappa shape index (κ1) is 11.4. The Morgan fingerprint density at radius 1 is 1.50 bits per heavy atom. The largest absolute Gasteiger partial charge is 0.392 e. The third-order valence-electron chi connectivity index (χ3n) is 3.24. The molecule has 0 radical (unpaired) electrons. The molecule has 1 saturated heterocycles. The van der Waals surface area contributed by atoms with Crippen molar-refractivity contribution in [3.05, 3.63) is 29.3 Å². The van der Waals surface area contributed by atoms with E-state index in [1.165, 1.54) is 5.56 Å². The number of rotatable bonds is 3. The number of aliphatic hydroxyl groups is 1. The lowest BCUT2D eigenvalue weighted by Crippen LogP contribution is -2.32. The molecule has 0 aliphatic carbocycles. The molecule has 1 aliphatic rings. The molecule has 2 rings (SSSR count). The molecule has 1 aliphatic heterocycles. The minimum atomic E-state index is 0.0922. The minimum absolute atomic E-state index is 0.0922. The number of likely N-dealkylation sites (N-methyl/N-ethyl adjacent to an activating group) is 1. The fourth-order valence-corrected chi connectivity index (χ4v) is 2.21. The number of aryl methyl sites for hydroxylation is 1. The maximum atomic E-state index is 9.38. The molecule has 88 valence electrons. The highest BCUT2D eigenvalue weighted by atomic mass is 16.5. The van der Waals surface area contributed by atoms with E-state index in [2.05, 4.69) is 24.1 Å². The van der Waals surface area contributed by atoms with Crippen LogP contribution >= 0.6 is 0 Å². The zero-order valence-corrected chi connectivity index (χ0v) is 9.94. The Bertz CT molecular complexity index is 359. The van der Waals surface area contributed by atoms with Gasteiger partial charge in [0.1, 0.15) is 0 Å². The second kappa shape index (κ2) is 4.85. The van der Waals surface area contributed by atoms with Crippen molar-refractivity contribution in [3.8, 4) is 0 Å². The van der Waals surface area contributed by atoms with Crippen molar-refractivity contribution in [2.24, 2.45) is 0 Å². The van der Waals surface area contributed by atoms with Crippen LogP contribution in [-0.2, 0) is 11.3 Å². The fourth-order valence-electron chi connectivity index (χ4n) is 2.21. The van der Waals surface area contributed by atoms with E-state index in [1.807, 2.05) is 13.0 Å². The summed E-state index contributed by atoms with van der Waals surface area (Å²) in [4.78, 5) is 2.22. The van der Waals surface area contributed by atoms with Crippen molar-refractivity contribution < 1.29 is 9.84 Å². The van der Waals surface area contributed by atoms with Crippen LogP contribution in [0.15, 0.2) is 18.2 Å². The molecule has 1 aromatic carbocycles. The van der Waals surface area contributed by atoms with Crippen LogP contribution in [0, 0.1) is 6.92 Å². The first-order valence-corrected chi connectivity index (χ1v) is 5.73. The molecule has 0 bridgehead atoms. The molecule has 0 amide bonds. The number of ether oxygens (including phenoxy) is 1. The van der Waals surface area contributed by atoms with Crippen LogP contribution in [0.2, 0.25) is 0 Å². The van der Waals surface area contributed by atoms with Gasteiger partial charge < -0.3 is 14.7 Å². The van der Waals surface area contributed by atoms with Crippen molar-refractivity contribution in [2.75, 3.05) is 25.2 Å². The Labute approximate surface area is 96.6 Å². The summed E-state index contributed by atoms with van der Waals surface area (Å²) >= 11 is 0. The van der Waals surface area contributed by atoms with Crippen molar-refractivity contribution in [1.82, 2.24) is 0 Å². The van der Waals surface area contributed by atoms with E-state index in [-0.39, 0.29) is 6.61 Å². The van der Waals surface area contributed by atoms with Crippen LogP contribution in [0.4, 0.5) is 5.69 Å².